The van der Waals surface area contributed by atoms with Crippen LogP contribution >= 0.6 is 31.9 Å². The molecule has 1 aliphatic heterocycles. The van der Waals surface area contributed by atoms with Crippen LogP contribution in [0.2, 0.25) is 0 Å². The zero-order valence-corrected chi connectivity index (χ0v) is 15.2. The van der Waals surface area contributed by atoms with E-state index in [-0.39, 0.29) is 17.3 Å². The SMILES string of the molecule is Cc1cccc(C2=N/C(=C/c3cc(Br)cc(Br)c3O)C(=O)O2)c1. The molecule has 0 saturated heterocycles. The Hall–Kier alpha value is -1.92. The fourth-order valence-electron chi connectivity index (χ4n) is 2.15. The highest BCUT2D eigenvalue weighted by Crippen LogP contribution is 2.33. The van der Waals surface area contributed by atoms with Crippen molar-refractivity contribution in [3.8, 4) is 5.75 Å². The van der Waals surface area contributed by atoms with E-state index in [0.29, 0.717) is 10.0 Å². The van der Waals surface area contributed by atoms with E-state index in [1.807, 2.05) is 31.2 Å². The third-order valence-corrected chi connectivity index (χ3v) is 4.30. The highest BCUT2D eigenvalue weighted by Gasteiger charge is 2.24. The van der Waals surface area contributed by atoms with Crippen molar-refractivity contribution in [3.05, 3.63) is 67.7 Å². The van der Waals surface area contributed by atoms with Crippen molar-refractivity contribution in [1.82, 2.24) is 0 Å². The van der Waals surface area contributed by atoms with Crippen LogP contribution in [0.5, 0.6) is 5.75 Å². The average Bonchev–Trinajstić information content (AvgIpc) is 2.85. The number of hydrogen-bond donors (Lipinski definition) is 1. The molecule has 0 amide bonds. The molecule has 2 aromatic rings. The molecule has 4 nitrogen and oxygen atoms in total. The fraction of sp³-hybridized carbons (Fsp3) is 0.0588. The number of cyclic esters (lactones) is 1. The fourth-order valence-corrected chi connectivity index (χ4v) is 3.41. The number of carbonyl (C=O) groups excluding carboxylic acids is 1. The number of hydrogen-bond acceptors (Lipinski definition) is 4. The third kappa shape index (κ3) is 3.38. The van der Waals surface area contributed by atoms with Crippen LogP contribution in [0, 0.1) is 6.92 Å². The number of ether oxygens (including phenoxy) is 1. The lowest BCUT2D eigenvalue weighted by molar-refractivity contribution is -0.129. The van der Waals surface area contributed by atoms with Crippen LogP contribution in [-0.4, -0.2) is 17.0 Å². The van der Waals surface area contributed by atoms with Crippen molar-refractivity contribution in [1.29, 1.82) is 0 Å². The maximum Gasteiger partial charge on any atom is 0.363 e. The Bertz CT molecular complexity index is 872. The highest BCUT2D eigenvalue weighted by atomic mass is 79.9. The molecule has 0 bridgehead atoms. The van der Waals surface area contributed by atoms with Gasteiger partial charge in [0.05, 0.1) is 4.47 Å². The third-order valence-electron chi connectivity index (χ3n) is 3.24. The van der Waals surface area contributed by atoms with Gasteiger partial charge in [0.15, 0.2) is 5.70 Å². The summed E-state index contributed by atoms with van der Waals surface area (Å²) < 4.78 is 6.51. The standard InChI is InChI=1S/C17H11Br2NO3/c1-9-3-2-4-10(5-9)16-20-14(17(22)23-16)7-11-6-12(18)8-13(19)15(11)21/h2-8,21H,1H3/b14-7+. The van der Waals surface area contributed by atoms with Crippen LogP contribution in [0.1, 0.15) is 16.7 Å². The van der Waals surface area contributed by atoms with Crippen molar-refractivity contribution in [2.45, 2.75) is 6.92 Å². The molecule has 1 N–H and O–H groups in total. The summed E-state index contributed by atoms with van der Waals surface area (Å²) in [5.41, 5.74) is 2.39. The molecule has 6 heteroatoms. The lowest BCUT2D eigenvalue weighted by Crippen LogP contribution is -2.05. The summed E-state index contributed by atoms with van der Waals surface area (Å²) in [6, 6.07) is 11.0. The quantitative estimate of drug-likeness (QED) is 0.554. The van der Waals surface area contributed by atoms with Gasteiger partial charge in [0.1, 0.15) is 5.75 Å². The van der Waals surface area contributed by atoms with Gasteiger partial charge in [0.25, 0.3) is 0 Å². The predicted octanol–water partition coefficient (Wildman–Crippen LogP) is 4.57. The van der Waals surface area contributed by atoms with Crippen LogP contribution in [0.4, 0.5) is 0 Å². The number of halogens is 2. The van der Waals surface area contributed by atoms with E-state index in [1.165, 1.54) is 6.08 Å². The van der Waals surface area contributed by atoms with Crippen LogP contribution < -0.4 is 0 Å². The number of phenols is 1. The van der Waals surface area contributed by atoms with Crippen molar-refractivity contribution in [3.63, 3.8) is 0 Å². The van der Waals surface area contributed by atoms with Crippen molar-refractivity contribution in [2.75, 3.05) is 0 Å². The maximum absolute atomic E-state index is 12.0. The van der Waals surface area contributed by atoms with Gasteiger partial charge in [-0.1, -0.05) is 33.6 Å². The zero-order valence-electron chi connectivity index (χ0n) is 12.0. The van der Waals surface area contributed by atoms with Gasteiger partial charge in [-0.2, -0.15) is 0 Å². The van der Waals surface area contributed by atoms with Gasteiger partial charge in [-0.05, 0) is 53.2 Å². The van der Waals surface area contributed by atoms with Gasteiger partial charge in [-0.3, -0.25) is 0 Å². The van der Waals surface area contributed by atoms with Crippen LogP contribution in [-0.2, 0) is 9.53 Å². The first-order valence-electron chi connectivity index (χ1n) is 6.71. The Morgan fingerprint density at radius 1 is 1.22 bits per heavy atom. The first kappa shape index (κ1) is 16.0. The minimum Gasteiger partial charge on any atom is -0.506 e. The molecule has 2 aromatic carbocycles. The van der Waals surface area contributed by atoms with Gasteiger partial charge >= 0.3 is 5.97 Å². The highest BCUT2D eigenvalue weighted by molar-refractivity contribution is 9.11. The van der Waals surface area contributed by atoms with Gasteiger partial charge in [-0.15, -0.1) is 0 Å². The molecule has 23 heavy (non-hydrogen) atoms. The molecule has 0 aliphatic carbocycles. The molecule has 3 rings (SSSR count). The largest absolute Gasteiger partial charge is 0.506 e. The summed E-state index contributed by atoms with van der Waals surface area (Å²) in [7, 11) is 0. The number of aryl methyl sites for hydroxylation is 1. The Labute approximate surface area is 149 Å². The monoisotopic (exact) mass is 435 g/mol. The summed E-state index contributed by atoms with van der Waals surface area (Å²) in [6.45, 7) is 1.95. The molecule has 0 spiro atoms. The normalized spacial score (nSPS) is 15.7. The molecule has 116 valence electrons. The molecule has 1 heterocycles. The molecular formula is C17H11Br2NO3. The number of aliphatic imine (C=N–C) groups is 1. The number of benzene rings is 2. The number of carbonyl (C=O) groups is 1. The smallest absolute Gasteiger partial charge is 0.363 e. The van der Waals surface area contributed by atoms with E-state index in [4.69, 9.17) is 4.74 Å². The summed E-state index contributed by atoms with van der Waals surface area (Å²) in [5.74, 6) is -0.247. The van der Waals surface area contributed by atoms with E-state index >= 15 is 0 Å². The minimum atomic E-state index is -0.544. The molecule has 0 fully saturated rings. The Kier molecular flexibility index (Phi) is 4.37. The second kappa shape index (κ2) is 6.29. The number of aromatic hydroxyl groups is 1. The second-order valence-corrected chi connectivity index (χ2v) is 6.80. The first-order valence-corrected chi connectivity index (χ1v) is 8.30. The molecule has 0 radical (unpaired) electrons. The van der Waals surface area contributed by atoms with E-state index in [0.717, 1.165) is 15.6 Å². The lowest BCUT2D eigenvalue weighted by atomic mass is 10.1. The van der Waals surface area contributed by atoms with Gasteiger partial charge in [-0.25, -0.2) is 9.79 Å². The van der Waals surface area contributed by atoms with Gasteiger partial charge < -0.3 is 9.84 Å². The van der Waals surface area contributed by atoms with E-state index in [9.17, 15) is 9.90 Å². The molecule has 0 saturated carbocycles. The topological polar surface area (TPSA) is 58.9 Å². The first-order chi connectivity index (χ1) is 10.9. The molecule has 0 aromatic heterocycles. The van der Waals surface area contributed by atoms with E-state index < -0.39 is 5.97 Å². The lowest BCUT2D eigenvalue weighted by Gasteiger charge is -2.03. The maximum atomic E-state index is 12.0. The average molecular weight is 437 g/mol. The Morgan fingerprint density at radius 3 is 2.74 bits per heavy atom. The molecule has 0 atom stereocenters. The summed E-state index contributed by atoms with van der Waals surface area (Å²) >= 11 is 6.60. The Morgan fingerprint density at radius 2 is 2.00 bits per heavy atom. The number of esters is 1. The minimum absolute atomic E-state index is 0.0349. The zero-order chi connectivity index (χ0) is 16.6. The predicted molar refractivity (Wildman–Crippen MR) is 95.3 cm³/mol. The van der Waals surface area contributed by atoms with Crippen LogP contribution in [0.15, 0.2) is 56.0 Å². The van der Waals surface area contributed by atoms with E-state index in [1.54, 1.807) is 12.1 Å². The van der Waals surface area contributed by atoms with Gasteiger partial charge in [0, 0.05) is 15.6 Å². The van der Waals surface area contributed by atoms with Crippen molar-refractivity contribution in [2.24, 2.45) is 4.99 Å². The number of nitrogens with zero attached hydrogens (tertiary/aromatic N) is 1. The van der Waals surface area contributed by atoms with E-state index in [2.05, 4.69) is 36.9 Å². The Balaban J connectivity index is 2.02. The molecule has 0 unspecified atom stereocenters. The van der Waals surface area contributed by atoms with Crippen molar-refractivity contribution >= 4 is 49.8 Å². The molecule has 1 aliphatic rings. The van der Waals surface area contributed by atoms with Gasteiger partial charge in [0.2, 0.25) is 5.90 Å². The molecular weight excluding hydrogens is 426 g/mol. The summed E-state index contributed by atoms with van der Waals surface area (Å²) in [4.78, 5) is 16.3. The summed E-state index contributed by atoms with van der Waals surface area (Å²) in [6.07, 6.45) is 1.50. The summed E-state index contributed by atoms with van der Waals surface area (Å²) in [5, 5.41) is 10.1. The van der Waals surface area contributed by atoms with Crippen LogP contribution in [0.3, 0.4) is 0 Å². The number of phenolic OH excluding ortho intramolecular Hbond substituents is 1. The second-order valence-electron chi connectivity index (χ2n) is 5.03. The number of rotatable bonds is 2. The van der Waals surface area contributed by atoms with Crippen LogP contribution in [0.25, 0.3) is 6.08 Å². The van der Waals surface area contributed by atoms with Crippen molar-refractivity contribution < 1.29 is 14.6 Å².